The van der Waals surface area contributed by atoms with Gasteiger partial charge in [0.1, 0.15) is 6.04 Å². The third-order valence-electron chi connectivity index (χ3n) is 2.73. The first-order chi connectivity index (χ1) is 8.79. The van der Waals surface area contributed by atoms with Crippen LogP contribution in [0.5, 0.6) is 0 Å². The van der Waals surface area contributed by atoms with Gasteiger partial charge >= 0.3 is 6.18 Å². The highest BCUT2D eigenvalue weighted by atomic mass is 32.1. The predicted octanol–water partition coefficient (Wildman–Crippen LogP) is 3.21. The van der Waals surface area contributed by atoms with E-state index in [1.54, 1.807) is 6.92 Å². The van der Waals surface area contributed by atoms with Crippen LogP contribution < -0.4 is 5.73 Å². The third kappa shape index (κ3) is 2.98. The molecule has 2 rings (SSSR count). The molecule has 2 aromatic heterocycles. The maximum atomic E-state index is 12.6. The molecule has 0 amide bonds. The fourth-order valence-corrected chi connectivity index (χ4v) is 2.97. The average molecular weight is 289 g/mol. The van der Waals surface area contributed by atoms with E-state index >= 15 is 0 Å². The van der Waals surface area contributed by atoms with Crippen molar-refractivity contribution in [2.45, 2.75) is 32.1 Å². The standard InChI is InChI=1S/C12H14F3N3S/c1-7-3-4-9(19-7)11(8(2)16)18-6-5-10(17-18)12(13,14)15/h3-6,8,11H,16H2,1-2H3. The second-order valence-electron chi connectivity index (χ2n) is 4.43. The fourth-order valence-electron chi connectivity index (χ4n) is 1.89. The van der Waals surface area contributed by atoms with Gasteiger partial charge in [0, 0.05) is 22.0 Å². The molecule has 0 aliphatic rings. The number of rotatable bonds is 3. The SMILES string of the molecule is Cc1ccc(C(C(C)N)n2ccc(C(F)(F)F)n2)s1. The summed E-state index contributed by atoms with van der Waals surface area (Å²) < 4.78 is 39.0. The van der Waals surface area contributed by atoms with E-state index in [2.05, 4.69) is 5.10 Å². The molecule has 0 aliphatic carbocycles. The Morgan fingerprint density at radius 3 is 2.42 bits per heavy atom. The van der Waals surface area contributed by atoms with Gasteiger partial charge in [-0.1, -0.05) is 0 Å². The number of alkyl halides is 3. The number of aryl methyl sites for hydroxylation is 1. The maximum Gasteiger partial charge on any atom is 0.435 e. The first kappa shape index (κ1) is 14.1. The van der Waals surface area contributed by atoms with Gasteiger partial charge in [0.2, 0.25) is 0 Å². The van der Waals surface area contributed by atoms with Gasteiger partial charge in [-0.05, 0) is 32.0 Å². The molecule has 0 aliphatic heterocycles. The molecule has 3 nitrogen and oxygen atoms in total. The number of aromatic nitrogens is 2. The smallest absolute Gasteiger partial charge is 0.326 e. The summed E-state index contributed by atoms with van der Waals surface area (Å²) in [5.74, 6) is 0. The zero-order valence-corrected chi connectivity index (χ0v) is 11.3. The van der Waals surface area contributed by atoms with Crippen molar-refractivity contribution in [1.82, 2.24) is 9.78 Å². The van der Waals surface area contributed by atoms with Crippen molar-refractivity contribution in [3.63, 3.8) is 0 Å². The van der Waals surface area contributed by atoms with Gasteiger partial charge in [-0.3, -0.25) is 4.68 Å². The topological polar surface area (TPSA) is 43.8 Å². The van der Waals surface area contributed by atoms with Crippen LogP contribution in [0.3, 0.4) is 0 Å². The van der Waals surface area contributed by atoms with Crippen LogP contribution in [0.2, 0.25) is 0 Å². The molecule has 0 spiro atoms. The van der Waals surface area contributed by atoms with Crippen LogP contribution >= 0.6 is 11.3 Å². The van der Waals surface area contributed by atoms with E-state index in [1.807, 2.05) is 19.1 Å². The maximum absolute atomic E-state index is 12.6. The van der Waals surface area contributed by atoms with Gasteiger partial charge in [-0.25, -0.2) is 0 Å². The summed E-state index contributed by atoms with van der Waals surface area (Å²) in [6, 6.07) is 4.05. The highest BCUT2D eigenvalue weighted by molar-refractivity contribution is 7.12. The lowest BCUT2D eigenvalue weighted by molar-refractivity contribution is -0.141. The molecule has 0 fully saturated rings. The summed E-state index contributed by atoms with van der Waals surface area (Å²) in [6.07, 6.45) is -3.11. The minimum absolute atomic E-state index is 0.334. The van der Waals surface area contributed by atoms with Crippen LogP contribution in [-0.4, -0.2) is 15.8 Å². The Morgan fingerprint density at radius 2 is 2.00 bits per heavy atom. The molecule has 2 unspecified atom stereocenters. The lowest BCUT2D eigenvalue weighted by Gasteiger charge is -2.20. The van der Waals surface area contributed by atoms with Gasteiger partial charge in [0.15, 0.2) is 5.69 Å². The summed E-state index contributed by atoms with van der Waals surface area (Å²) >= 11 is 1.51. The van der Waals surface area contributed by atoms with E-state index in [-0.39, 0.29) is 12.1 Å². The number of hydrogen-bond acceptors (Lipinski definition) is 3. The second-order valence-corrected chi connectivity index (χ2v) is 5.75. The fraction of sp³-hybridized carbons (Fsp3) is 0.417. The molecule has 0 saturated carbocycles. The van der Waals surface area contributed by atoms with E-state index in [1.165, 1.54) is 22.2 Å². The first-order valence-corrected chi connectivity index (χ1v) is 6.55. The van der Waals surface area contributed by atoms with Crippen molar-refractivity contribution in [3.05, 3.63) is 39.8 Å². The molecule has 0 radical (unpaired) electrons. The summed E-state index contributed by atoms with van der Waals surface area (Å²) in [4.78, 5) is 1.99. The van der Waals surface area contributed by atoms with Crippen LogP contribution in [-0.2, 0) is 6.18 Å². The minimum atomic E-state index is -4.43. The number of nitrogens with zero attached hydrogens (tertiary/aromatic N) is 2. The predicted molar refractivity (Wildman–Crippen MR) is 68.1 cm³/mol. The van der Waals surface area contributed by atoms with Gasteiger partial charge in [-0.2, -0.15) is 18.3 Å². The van der Waals surface area contributed by atoms with Crippen molar-refractivity contribution < 1.29 is 13.2 Å². The van der Waals surface area contributed by atoms with Crippen molar-refractivity contribution in [1.29, 1.82) is 0 Å². The van der Waals surface area contributed by atoms with Gasteiger partial charge in [0.05, 0.1) is 0 Å². The van der Waals surface area contributed by atoms with Crippen molar-refractivity contribution in [3.8, 4) is 0 Å². The quantitative estimate of drug-likeness (QED) is 0.943. The van der Waals surface area contributed by atoms with Crippen LogP contribution in [0.25, 0.3) is 0 Å². The van der Waals surface area contributed by atoms with Crippen LogP contribution in [0, 0.1) is 6.92 Å². The lowest BCUT2D eigenvalue weighted by Crippen LogP contribution is -2.30. The van der Waals surface area contributed by atoms with E-state index < -0.39 is 11.9 Å². The van der Waals surface area contributed by atoms with Crippen LogP contribution in [0.4, 0.5) is 13.2 Å². The molecular weight excluding hydrogens is 275 g/mol. The summed E-state index contributed by atoms with van der Waals surface area (Å²) in [5, 5.41) is 3.61. The Morgan fingerprint density at radius 1 is 1.32 bits per heavy atom. The number of halogens is 3. The monoisotopic (exact) mass is 289 g/mol. The first-order valence-electron chi connectivity index (χ1n) is 5.73. The van der Waals surface area contributed by atoms with E-state index in [4.69, 9.17) is 5.73 Å². The van der Waals surface area contributed by atoms with Crippen molar-refractivity contribution in [2.75, 3.05) is 0 Å². The molecule has 0 aromatic carbocycles. The van der Waals surface area contributed by atoms with E-state index in [9.17, 15) is 13.2 Å². The van der Waals surface area contributed by atoms with Gasteiger partial charge in [-0.15, -0.1) is 11.3 Å². The van der Waals surface area contributed by atoms with E-state index in [0.29, 0.717) is 0 Å². The zero-order valence-electron chi connectivity index (χ0n) is 10.5. The molecule has 0 saturated heterocycles. The van der Waals surface area contributed by atoms with Crippen molar-refractivity contribution >= 4 is 11.3 Å². The molecule has 2 atom stereocenters. The molecular formula is C12H14F3N3S. The van der Waals surface area contributed by atoms with Crippen molar-refractivity contribution in [2.24, 2.45) is 5.73 Å². The Balaban J connectivity index is 2.38. The zero-order chi connectivity index (χ0) is 14.2. The average Bonchev–Trinajstić information content (AvgIpc) is 2.87. The molecule has 104 valence electrons. The van der Waals surface area contributed by atoms with Gasteiger partial charge < -0.3 is 5.73 Å². The molecule has 19 heavy (non-hydrogen) atoms. The Hall–Kier alpha value is -1.34. The van der Waals surface area contributed by atoms with Crippen LogP contribution in [0.15, 0.2) is 24.4 Å². The molecule has 2 heterocycles. The minimum Gasteiger partial charge on any atom is -0.326 e. The van der Waals surface area contributed by atoms with Crippen LogP contribution in [0.1, 0.15) is 28.4 Å². The van der Waals surface area contributed by atoms with Gasteiger partial charge in [0.25, 0.3) is 0 Å². The highest BCUT2D eigenvalue weighted by Gasteiger charge is 2.34. The number of thiophene rings is 1. The Labute approximate surface area is 112 Å². The molecule has 0 bridgehead atoms. The Bertz CT molecular complexity index is 557. The summed E-state index contributed by atoms with van der Waals surface area (Å²) in [7, 11) is 0. The molecule has 2 aromatic rings. The second kappa shape index (κ2) is 4.97. The number of nitrogens with two attached hydrogens (primary N) is 1. The highest BCUT2D eigenvalue weighted by Crippen LogP contribution is 2.31. The van der Waals surface area contributed by atoms with E-state index in [0.717, 1.165) is 15.8 Å². The normalized spacial score (nSPS) is 15.5. The summed E-state index contributed by atoms with van der Waals surface area (Å²) in [5.41, 5.74) is 5.00. The Kier molecular flexibility index (Phi) is 3.69. The number of hydrogen-bond donors (Lipinski definition) is 1. The molecule has 2 N–H and O–H groups in total. The molecule has 7 heteroatoms. The summed E-state index contributed by atoms with van der Waals surface area (Å²) in [6.45, 7) is 3.70. The largest absolute Gasteiger partial charge is 0.435 e. The lowest BCUT2D eigenvalue weighted by atomic mass is 10.1. The third-order valence-corrected chi connectivity index (χ3v) is 3.81.